The third-order valence-corrected chi connectivity index (χ3v) is 7.05. The predicted octanol–water partition coefficient (Wildman–Crippen LogP) is 3.75. The van der Waals surface area contributed by atoms with Gasteiger partial charge in [0.2, 0.25) is 5.91 Å². The fourth-order valence-electron chi connectivity index (χ4n) is 4.85. The minimum atomic E-state index is -2.79. The minimum absolute atomic E-state index is 0. The van der Waals surface area contributed by atoms with Crippen LogP contribution in [0.4, 0.5) is 13.2 Å². The van der Waals surface area contributed by atoms with Gasteiger partial charge in [-0.05, 0) is 42.9 Å². The van der Waals surface area contributed by atoms with Crippen molar-refractivity contribution in [3.8, 4) is 5.75 Å². The summed E-state index contributed by atoms with van der Waals surface area (Å²) in [5.41, 5.74) is 0.961. The lowest BCUT2D eigenvalue weighted by Crippen LogP contribution is -2.40. The lowest BCUT2D eigenvalue weighted by atomic mass is 9.92. The molecule has 1 amide bonds. The molecule has 1 spiro atoms. The molecule has 180 valence electrons. The predicted molar refractivity (Wildman–Crippen MR) is 116 cm³/mol. The van der Waals surface area contributed by atoms with E-state index in [4.69, 9.17) is 16.3 Å². The second-order valence-electron chi connectivity index (χ2n) is 8.90. The number of hydrogen-bond donors (Lipinski definition) is 1. The number of benzene rings is 1. The fraction of sp³-hybridized carbons (Fsp3) is 0.571. The quantitative estimate of drug-likeness (QED) is 0.647. The summed E-state index contributed by atoms with van der Waals surface area (Å²) in [7, 11) is 1.36. The number of carbonyl (C=O) groups excluding carboxylic acids is 1. The number of nitrogens with zero attached hydrogens (tertiary/aromatic N) is 4. The molecular formula is C21H24Cl2F3N5O2. The zero-order valence-corrected chi connectivity index (χ0v) is 19.5. The topological polar surface area (TPSA) is 72.3 Å². The van der Waals surface area contributed by atoms with Gasteiger partial charge in [0.1, 0.15) is 18.0 Å². The van der Waals surface area contributed by atoms with E-state index < -0.39 is 12.2 Å². The maximum atomic E-state index is 15.0. The Morgan fingerprint density at radius 3 is 2.82 bits per heavy atom. The molecule has 1 aromatic heterocycles. The standard InChI is InChI=1S/C21H23ClF3N5O2.ClH/c1-29-18(20(24)25)15(27-28-29)9-32-19-13(23)6-12(22)11-2-5-26-14(17(11)19)8-30-10-21(3-4-21)7-16(30)31;/h6,14,20,26H,2-5,7-10H2,1H3;1H/t14-;/m1./s1. The molecule has 12 heteroatoms. The van der Waals surface area contributed by atoms with Crippen molar-refractivity contribution in [1.82, 2.24) is 25.2 Å². The number of halogens is 5. The van der Waals surface area contributed by atoms with Gasteiger partial charge in [-0.3, -0.25) is 4.79 Å². The molecule has 2 fully saturated rings. The van der Waals surface area contributed by atoms with Crippen molar-refractivity contribution < 1.29 is 22.7 Å². The van der Waals surface area contributed by atoms with E-state index in [1.165, 1.54) is 13.1 Å². The van der Waals surface area contributed by atoms with Crippen molar-refractivity contribution in [2.75, 3.05) is 19.6 Å². The third-order valence-electron chi connectivity index (χ3n) is 6.71. The monoisotopic (exact) mass is 505 g/mol. The first-order valence-corrected chi connectivity index (χ1v) is 11.0. The molecule has 2 aliphatic heterocycles. The molecule has 0 unspecified atom stereocenters. The summed E-state index contributed by atoms with van der Waals surface area (Å²) >= 11 is 6.34. The first-order chi connectivity index (χ1) is 15.3. The molecule has 7 nitrogen and oxygen atoms in total. The Morgan fingerprint density at radius 1 is 1.39 bits per heavy atom. The largest absolute Gasteiger partial charge is 0.484 e. The van der Waals surface area contributed by atoms with Gasteiger partial charge in [0.15, 0.2) is 11.6 Å². The van der Waals surface area contributed by atoms with E-state index in [1.807, 2.05) is 4.90 Å². The zero-order chi connectivity index (χ0) is 22.6. The normalized spacial score (nSPS) is 20.8. The molecule has 1 saturated heterocycles. The van der Waals surface area contributed by atoms with Crippen molar-refractivity contribution in [2.24, 2.45) is 12.5 Å². The molecule has 1 saturated carbocycles. The highest BCUT2D eigenvalue weighted by atomic mass is 35.5. The number of hydrogen-bond acceptors (Lipinski definition) is 5. The van der Waals surface area contributed by atoms with Crippen LogP contribution in [0.2, 0.25) is 5.02 Å². The van der Waals surface area contributed by atoms with Crippen molar-refractivity contribution in [3.05, 3.63) is 39.4 Å². The van der Waals surface area contributed by atoms with Crippen molar-refractivity contribution in [3.63, 3.8) is 0 Å². The second kappa shape index (κ2) is 8.96. The minimum Gasteiger partial charge on any atom is -0.484 e. The lowest BCUT2D eigenvalue weighted by molar-refractivity contribution is -0.128. The maximum Gasteiger partial charge on any atom is 0.282 e. The number of carbonyl (C=O) groups is 1. The SMILES string of the molecule is Cl.Cn1nnc(COc2c(F)cc(Cl)c3c2[C@@H](CN2CC4(CC4)CC2=O)NCC3)c1C(F)F. The number of fused-ring (bicyclic) bond motifs is 1. The maximum absolute atomic E-state index is 15.0. The molecule has 1 aliphatic carbocycles. The van der Waals surface area contributed by atoms with Crippen molar-refractivity contribution >= 4 is 29.9 Å². The Morgan fingerprint density at radius 2 is 2.15 bits per heavy atom. The number of alkyl halides is 2. The Hall–Kier alpha value is -2.04. The highest BCUT2D eigenvalue weighted by molar-refractivity contribution is 6.31. The molecule has 5 rings (SSSR count). The van der Waals surface area contributed by atoms with Gasteiger partial charge < -0.3 is 15.0 Å². The highest BCUT2D eigenvalue weighted by Crippen LogP contribution is 2.53. The van der Waals surface area contributed by atoms with E-state index in [9.17, 15) is 18.0 Å². The second-order valence-corrected chi connectivity index (χ2v) is 9.31. The molecule has 0 radical (unpaired) electrons. The summed E-state index contributed by atoms with van der Waals surface area (Å²) in [4.78, 5) is 14.3. The van der Waals surface area contributed by atoms with Gasteiger partial charge in [-0.1, -0.05) is 16.8 Å². The first-order valence-electron chi connectivity index (χ1n) is 10.6. The van der Waals surface area contributed by atoms with Gasteiger partial charge in [0, 0.05) is 37.1 Å². The van der Waals surface area contributed by atoms with Gasteiger partial charge in [0.05, 0.1) is 6.04 Å². The van der Waals surface area contributed by atoms with Gasteiger partial charge in [-0.25, -0.2) is 17.9 Å². The number of likely N-dealkylation sites (tertiary alicyclic amines) is 1. The number of nitrogens with one attached hydrogen (secondary N) is 1. The molecule has 1 aromatic carbocycles. The molecular weight excluding hydrogens is 482 g/mol. The van der Waals surface area contributed by atoms with Crippen LogP contribution < -0.4 is 10.1 Å². The van der Waals surface area contributed by atoms with E-state index in [0.717, 1.165) is 23.1 Å². The summed E-state index contributed by atoms with van der Waals surface area (Å²) < 4.78 is 48.4. The number of ether oxygens (including phenoxy) is 1. The van der Waals surface area contributed by atoms with E-state index in [-0.39, 0.29) is 58.5 Å². The van der Waals surface area contributed by atoms with Crippen LogP contribution in [0, 0.1) is 11.2 Å². The Kier molecular flexibility index (Phi) is 6.54. The van der Waals surface area contributed by atoms with E-state index in [2.05, 4.69) is 15.6 Å². The third kappa shape index (κ3) is 4.40. The summed E-state index contributed by atoms with van der Waals surface area (Å²) in [5, 5.41) is 11.0. The average Bonchev–Trinajstić information content (AvgIpc) is 3.26. The average molecular weight is 506 g/mol. The van der Waals surface area contributed by atoms with Crippen LogP contribution in [0.5, 0.6) is 5.75 Å². The Balaban J connectivity index is 0.00000259. The van der Waals surface area contributed by atoms with Crippen LogP contribution in [0.25, 0.3) is 0 Å². The molecule has 1 atom stereocenters. The number of rotatable bonds is 6. The van der Waals surface area contributed by atoms with Crippen LogP contribution >= 0.6 is 24.0 Å². The van der Waals surface area contributed by atoms with Crippen LogP contribution in [-0.4, -0.2) is 45.4 Å². The van der Waals surface area contributed by atoms with E-state index in [0.29, 0.717) is 38.0 Å². The van der Waals surface area contributed by atoms with E-state index >= 15 is 0 Å². The summed E-state index contributed by atoms with van der Waals surface area (Å²) in [6.07, 6.45) is 0.449. The smallest absolute Gasteiger partial charge is 0.282 e. The van der Waals surface area contributed by atoms with Crippen LogP contribution in [0.15, 0.2) is 6.07 Å². The van der Waals surface area contributed by atoms with Crippen molar-refractivity contribution in [1.29, 1.82) is 0 Å². The lowest BCUT2D eigenvalue weighted by Gasteiger charge is -2.32. The number of amides is 1. The molecule has 33 heavy (non-hydrogen) atoms. The van der Waals surface area contributed by atoms with E-state index in [1.54, 1.807) is 0 Å². The molecule has 0 bridgehead atoms. The molecule has 3 aliphatic rings. The molecule has 2 aromatic rings. The van der Waals surface area contributed by atoms with Crippen LogP contribution in [0.3, 0.4) is 0 Å². The summed E-state index contributed by atoms with van der Waals surface area (Å²) in [5.74, 6) is -0.640. The Labute approximate surface area is 200 Å². The summed E-state index contributed by atoms with van der Waals surface area (Å²) in [6, 6.07) is 0.805. The fourth-order valence-corrected chi connectivity index (χ4v) is 5.15. The van der Waals surface area contributed by atoms with Crippen LogP contribution in [-0.2, 0) is 24.9 Å². The highest BCUT2D eigenvalue weighted by Gasteiger charge is 2.52. The molecule has 3 heterocycles. The van der Waals surface area contributed by atoms with Gasteiger partial charge >= 0.3 is 0 Å². The number of aryl methyl sites for hydroxylation is 1. The van der Waals surface area contributed by atoms with Crippen LogP contribution in [0.1, 0.15) is 54.2 Å². The van der Waals surface area contributed by atoms with Gasteiger partial charge in [0.25, 0.3) is 6.43 Å². The van der Waals surface area contributed by atoms with Gasteiger partial charge in [-0.2, -0.15) is 0 Å². The van der Waals surface area contributed by atoms with Gasteiger partial charge in [-0.15, -0.1) is 17.5 Å². The first kappa shape index (κ1) is 24.1. The Bertz CT molecular complexity index is 1080. The summed E-state index contributed by atoms with van der Waals surface area (Å²) in [6.45, 7) is 1.33. The molecule has 1 N–H and O–H groups in total. The zero-order valence-electron chi connectivity index (χ0n) is 17.9. The number of aromatic nitrogens is 3. The van der Waals surface area contributed by atoms with Crippen molar-refractivity contribution in [2.45, 2.75) is 44.8 Å².